The molecule has 112 valence electrons. The Hall–Kier alpha value is -1.18. The Bertz CT molecular complexity index is 524. The zero-order chi connectivity index (χ0) is 14.6. The normalized spacial score (nSPS) is 19.4. The Kier molecular flexibility index (Phi) is 4.95. The topological polar surface area (TPSA) is 71.5 Å². The second kappa shape index (κ2) is 6.51. The van der Waals surface area contributed by atoms with Gasteiger partial charge in [-0.2, -0.15) is 4.31 Å². The number of hydrogen-bond acceptors (Lipinski definition) is 5. The lowest BCUT2D eigenvalue weighted by Crippen LogP contribution is -2.36. The van der Waals surface area contributed by atoms with Gasteiger partial charge in [0.1, 0.15) is 5.82 Å². The third-order valence-corrected chi connectivity index (χ3v) is 4.56. The number of aromatic nitrogens is 1. The molecule has 1 aromatic heterocycles. The molecule has 1 aromatic rings. The van der Waals surface area contributed by atoms with Gasteiger partial charge in [0.05, 0.1) is 12.4 Å². The van der Waals surface area contributed by atoms with Gasteiger partial charge in [-0.15, -0.1) is 0 Å². The van der Waals surface area contributed by atoms with Crippen LogP contribution in [0.1, 0.15) is 18.4 Å². The van der Waals surface area contributed by atoms with Crippen LogP contribution in [0.5, 0.6) is 0 Å². The van der Waals surface area contributed by atoms with Crippen molar-refractivity contribution in [2.24, 2.45) is 0 Å². The van der Waals surface area contributed by atoms with Crippen LogP contribution < -0.4 is 5.32 Å². The third-order valence-electron chi connectivity index (χ3n) is 3.34. The summed E-state index contributed by atoms with van der Waals surface area (Å²) in [6.45, 7) is 1.46. The summed E-state index contributed by atoms with van der Waals surface area (Å²) in [5.74, 6) is 0.763. The molecule has 1 N–H and O–H groups in total. The summed E-state index contributed by atoms with van der Waals surface area (Å²) < 4.78 is 30.7. The fraction of sp³-hybridized carbons (Fsp3) is 0.615. The van der Waals surface area contributed by atoms with E-state index in [1.807, 2.05) is 12.1 Å². The summed E-state index contributed by atoms with van der Waals surface area (Å²) in [5, 5.41) is 2.93. The number of pyridine rings is 1. The van der Waals surface area contributed by atoms with Gasteiger partial charge in [0.25, 0.3) is 0 Å². The van der Waals surface area contributed by atoms with Gasteiger partial charge in [0.2, 0.25) is 10.0 Å². The minimum Gasteiger partial charge on any atom is -0.377 e. The minimum atomic E-state index is -3.26. The van der Waals surface area contributed by atoms with E-state index in [9.17, 15) is 8.42 Å². The molecule has 0 saturated carbocycles. The van der Waals surface area contributed by atoms with E-state index >= 15 is 0 Å². The van der Waals surface area contributed by atoms with Gasteiger partial charge in [-0.05, 0) is 24.5 Å². The molecule has 1 saturated heterocycles. The van der Waals surface area contributed by atoms with Crippen LogP contribution in [0.4, 0.5) is 5.82 Å². The Morgan fingerprint density at radius 2 is 2.30 bits per heavy atom. The van der Waals surface area contributed by atoms with Gasteiger partial charge in [0, 0.05) is 32.9 Å². The number of nitrogens with one attached hydrogen (secondary N) is 1. The second-order valence-electron chi connectivity index (χ2n) is 4.99. The molecular formula is C13H21N3O3S. The lowest BCUT2D eigenvalue weighted by atomic mass is 10.2. The van der Waals surface area contributed by atoms with Crippen LogP contribution in [0, 0.1) is 0 Å². The number of ether oxygens (including phenoxy) is 1. The van der Waals surface area contributed by atoms with Crippen LogP contribution in [0.25, 0.3) is 0 Å². The van der Waals surface area contributed by atoms with Gasteiger partial charge < -0.3 is 10.1 Å². The molecule has 2 rings (SSSR count). The first kappa shape index (κ1) is 15.2. The predicted molar refractivity (Wildman–Crippen MR) is 78.0 cm³/mol. The zero-order valence-corrected chi connectivity index (χ0v) is 12.7. The van der Waals surface area contributed by atoms with Crippen molar-refractivity contribution < 1.29 is 13.2 Å². The highest BCUT2D eigenvalue weighted by Crippen LogP contribution is 2.17. The lowest BCUT2D eigenvalue weighted by molar-refractivity contribution is 0.0927. The van der Waals surface area contributed by atoms with E-state index in [0.29, 0.717) is 13.1 Å². The van der Waals surface area contributed by atoms with Gasteiger partial charge in [-0.25, -0.2) is 13.4 Å². The molecule has 7 heteroatoms. The van der Waals surface area contributed by atoms with Crippen LogP contribution >= 0.6 is 0 Å². The molecular weight excluding hydrogens is 278 g/mol. The summed E-state index contributed by atoms with van der Waals surface area (Å²) in [6, 6.07) is 3.72. The monoisotopic (exact) mass is 299 g/mol. The van der Waals surface area contributed by atoms with Crippen molar-refractivity contribution in [3.63, 3.8) is 0 Å². The summed E-state index contributed by atoms with van der Waals surface area (Å²) >= 11 is 0. The maximum Gasteiger partial charge on any atom is 0.211 e. The predicted octanol–water partition coefficient (Wildman–Crippen LogP) is 1.06. The van der Waals surface area contributed by atoms with Crippen LogP contribution in [-0.4, -0.2) is 50.3 Å². The summed E-state index contributed by atoms with van der Waals surface area (Å²) in [7, 11) is -1.46. The molecule has 20 heavy (non-hydrogen) atoms. The van der Waals surface area contributed by atoms with E-state index in [1.165, 1.54) is 10.6 Å². The molecule has 0 radical (unpaired) electrons. The Morgan fingerprint density at radius 3 is 2.80 bits per heavy atom. The van der Waals surface area contributed by atoms with Crippen molar-refractivity contribution in [2.45, 2.75) is 25.5 Å². The average Bonchev–Trinajstić information content (AvgIpc) is 2.91. The van der Waals surface area contributed by atoms with Crippen molar-refractivity contribution in [2.75, 3.05) is 31.8 Å². The Balaban J connectivity index is 2.06. The Labute approximate surface area is 120 Å². The molecule has 0 amide bonds. The molecule has 6 nitrogen and oxygen atoms in total. The third kappa shape index (κ3) is 4.16. The molecule has 0 bridgehead atoms. The largest absolute Gasteiger partial charge is 0.377 e. The average molecular weight is 299 g/mol. The number of hydrogen-bond donors (Lipinski definition) is 1. The van der Waals surface area contributed by atoms with Crippen molar-refractivity contribution in [3.05, 3.63) is 23.9 Å². The molecule has 1 atom stereocenters. The molecule has 0 aliphatic carbocycles. The van der Waals surface area contributed by atoms with Crippen LogP contribution in [-0.2, 0) is 21.3 Å². The van der Waals surface area contributed by atoms with Gasteiger partial charge >= 0.3 is 0 Å². The molecule has 1 aliphatic heterocycles. The molecule has 2 heterocycles. The first-order valence-electron chi connectivity index (χ1n) is 6.68. The van der Waals surface area contributed by atoms with Crippen molar-refractivity contribution >= 4 is 15.8 Å². The van der Waals surface area contributed by atoms with Crippen molar-refractivity contribution in [1.82, 2.24) is 9.29 Å². The molecule has 0 aromatic carbocycles. The van der Waals surface area contributed by atoms with Crippen molar-refractivity contribution in [3.8, 4) is 0 Å². The summed E-state index contributed by atoms with van der Waals surface area (Å²) in [5.41, 5.74) is 0.868. The van der Waals surface area contributed by atoms with E-state index in [-0.39, 0.29) is 6.10 Å². The maximum absolute atomic E-state index is 11.9. The molecule has 0 spiro atoms. The van der Waals surface area contributed by atoms with Gasteiger partial charge in [-0.3, -0.25) is 0 Å². The highest BCUT2D eigenvalue weighted by molar-refractivity contribution is 7.88. The fourth-order valence-electron chi connectivity index (χ4n) is 2.20. The second-order valence-corrected chi connectivity index (χ2v) is 6.97. The first-order chi connectivity index (χ1) is 9.49. The van der Waals surface area contributed by atoms with Crippen LogP contribution in [0.3, 0.4) is 0 Å². The first-order valence-corrected chi connectivity index (χ1v) is 8.53. The zero-order valence-electron chi connectivity index (χ0n) is 11.9. The molecule has 1 aliphatic rings. The number of rotatable bonds is 6. The van der Waals surface area contributed by atoms with E-state index in [4.69, 9.17) is 4.74 Å². The highest BCUT2D eigenvalue weighted by Gasteiger charge is 2.24. The Morgan fingerprint density at radius 1 is 1.50 bits per heavy atom. The maximum atomic E-state index is 11.9. The number of sulfonamides is 1. The van der Waals surface area contributed by atoms with E-state index < -0.39 is 10.0 Å². The summed E-state index contributed by atoms with van der Waals surface area (Å²) in [6.07, 6.45) is 4.86. The van der Waals surface area contributed by atoms with Gasteiger partial charge in [0.15, 0.2) is 0 Å². The number of nitrogens with zero attached hydrogens (tertiary/aromatic N) is 2. The lowest BCUT2D eigenvalue weighted by Gasteiger charge is -2.23. The van der Waals surface area contributed by atoms with Crippen LogP contribution in [0.15, 0.2) is 18.3 Å². The highest BCUT2D eigenvalue weighted by atomic mass is 32.2. The van der Waals surface area contributed by atoms with Crippen molar-refractivity contribution in [1.29, 1.82) is 0 Å². The molecule has 1 fully saturated rings. The molecule has 0 unspecified atom stereocenters. The van der Waals surface area contributed by atoms with E-state index in [1.54, 1.807) is 13.2 Å². The van der Waals surface area contributed by atoms with Gasteiger partial charge in [-0.1, -0.05) is 6.07 Å². The number of anilines is 1. The minimum absolute atomic E-state index is 0.00858. The van der Waals surface area contributed by atoms with E-state index in [0.717, 1.165) is 30.8 Å². The summed E-state index contributed by atoms with van der Waals surface area (Å²) in [4.78, 5) is 4.20. The fourth-order valence-corrected chi connectivity index (χ4v) is 3.02. The standard InChI is InChI=1S/C13H21N3O3S/c1-14-13-6-5-11(8-15-13)9-16(20(2,17)18)10-12-4-3-7-19-12/h5-6,8,12H,3-4,7,9-10H2,1-2H3,(H,14,15)/t12-/m1/s1. The quantitative estimate of drug-likeness (QED) is 0.850. The SMILES string of the molecule is CNc1ccc(CN(C[C@H]2CCCO2)S(C)(=O)=O)cn1. The van der Waals surface area contributed by atoms with Crippen LogP contribution in [0.2, 0.25) is 0 Å². The smallest absolute Gasteiger partial charge is 0.211 e. The van der Waals surface area contributed by atoms with E-state index in [2.05, 4.69) is 10.3 Å².